The molecule has 0 aliphatic heterocycles. The molecular formula is C9H6F3NO. The Morgan fingerprint density at radius 1 is 1.36 bits per heavy atom. The molecular weight excluding hydrogens is 195 g/mol. The Labute approximate surface area is 78.5 Å². The van der Waals surface area contributed by atoms with E-state index in [1.807, 2.05) is 0 Å². The van der Waals surface area contributed by atoms with E-state index in [0.717, 1.165) is 0 Å². The second-order valence-electron chi connectivity index (χ2n) is 2.40. The van der Waals surface area contributed by atoms with Crippen molar-refractivity contribution in [1.82, 2.24) is 0 Å². The van der Waals surface area contributed by atoms with Gasteiger partial charge in [-0.3, -0.25) is 0 Å². The quantitative estimate of drug-likeness (QED) is 0.735. The lowest BCUT2D eigenvalue weighted by molar-refractivity contribution is 0.300. The normalized spacial score (nSPS) is 9.64. The maximum absolute atomic E-state index is 13.2. The predicted molar refractivity (Wildman–Crippen MR) is 42.2 cm³/mol. The summed E-state index contributed by atoms with van der Waals surface area (Å²) in [6, 6.07) is 1.72. The van der Waals surface area contributed by atoms with Crippen molar-refractivity contribution in [3.63, 3.8) is 0 Å². The van der Waals surface area contributed by atoms with E-state index in [-0.39, 0.29) is 6.61 Å². The van der Waals surface area contributed by atoms with Gasteiger partial charge in [-0.2, -0.15) is 5.26 Å². The third-order valence-electron chi connectivity index (χ3n) is 1.53. The summed E-state index contributed by atoms with van der Waals surface area (Å²) in [5.41, 5.74) is -0.838. The summed E-state index contributed by atoms with van der Waals surface area (Å²) in [5, 5.41) is 8.37. The van der Waals surface area contributed by atoms with Crippen LogP contribution in [0.3, 0.4) is 0 Å². The van der Waals surface area contributed by atoms with Crippen LogP contribution in [0.25, 0.3) is 0 Å². The number of hydrogen-bond donors (Lipinski definition) is 0. The van der Waals surface area contributed by atoms with E-state index in [0.29, 0.717) is 6.07 Å². The fourth-order valence-corrected chi connectivity index (χ4v) is 0.951. The van der Waals surface area contributed by atoms with Crippen LogP contribution in [-0.2, 0) is 0 Å². The highest BCUT2D eigenvalue weighted by Gasteiger charge is 2.19. The molecule has 0 saturated heterocycles. The zero-order valence-electron chi connectivity index (χ0n) is 7.27. The van der Waals surface area contributed by atoms with E-state index in [2.05, 4.69) is 4.74 Å². The molecule has 0 N–H and O–H groups in total. The fraction of sp³-hybridized carbons (Fsp3) is 0.222. The van der Waals surface area contributed by atoms with Gasteiger partial charge in [-0.25, -0.2) is 13.2 Å². The summed E-state index contributed by atoms with van der Waals surface area (Å²) in [7, 11) is 0. The Hall–Kier alpha value is -1.70. The van der Waals surface area contributed by atoms with Crippen molar-refractivity contribution >= 4 is 0 Å². The van der Waals surface area contributed by atoms with Crippen LogP contribution in [0, 0.1) is 28.8 Å². The fourth-order valence-electron chi connectivity index (χ4n) is 0.951. The topological polar surface area (TPSA) is 33.0 Å². The third kappa shape index (κ3) is 1.64. The zero-order chi connectivity index (χ0) is 10.7. The Morgan fingerprint density at radius 3 is 2.50 bits per heavy atom. The van der Waals surface area contributed by atoms with E-state index >= 15 is 0 Å². The van der Waals surface area contributed by atoms with E-state index in [1.165, 1.54) is 13.0 Å². The number of halogens is 3. The Bertz CT molecular complexity index is 398. The van der Waals surface area contributed by atoms with Crippen LogP contribution in [0.2, 0.25) is 0 Å². The molecule has 1 aromatic carbocycles. The van der Waals surface area contributed by atoms with Gasteiger partial charge in [0.2, 0.25) is 0 Å². The molecule has 0 aliphatic rings. The molecule has 0 amide bonds. The van der Waals surface area contributed by atoms with Gasteiger partial charge in [-0.15, -0.1) is 0 Å². The molecule has 0 fully saturated rings. The highest BCUT2D eigenvalue weighted by molar-refractivity contribution is 5.40. The minimum absolute atomic E-state index is 0.0321. The zero-order valence-corrected chi connectivity index (χ0v) is 7.27. The molecule has 14 heavy (non-hydrogen) atoms. The summed E-state index contributed by atoms with van der Waals surface area (Å²) >= 11 is 0. The van der Waals surface area contributed by atoms with Gasteiger partial charge in [0.05, 0.1) is 6.61 Å². The Kier molecular flexibility index (Phi) is 2.97. The van der Waals surface area contributed by atoms with Crippen molar-refractivity contribution in [3.05, 3.63) is 29.1 Å². The Balaban J connectivity index is 3.38. The maximum Gasteiger partial charge on any atom is 0.192 e. The van der Waals surface area contributed by atoms with Gasteiger partial charge >= 0.3 is 0 Å². The van der Waals surface area contributed by atoms with Gasteiger partial charge < -0.3 is 4.74 Å². The summed E-state index contributed by atoms with van der Waals surface area (Å²) in [6.07, 6.45) is 0. The molecule has 5 heteroatoms. The predicted octanol–water partition coefficient (Wildman–Crippen LogP) is 2.37. The first-order valence-electron chi connectivity index (χ1n) is 3.82. The van der Waals surface area contributed by atoms with Crippen LogP contribution in [-0.4, -0.2) is 6.61 Å². The molecule has 0 bridgehead atoms. The Morgan fingerprint density at radius 2 is 2.00 bits per heavy atom. The number of nitrogens with zero attached hydrogens (tertiary/aromatic N) is 1. The molecule has 0 heterocycles. The molecule has 0 unspecified atom stereocenters. The highest BCUT2D eigenvalue weighted by Crippen LogP contribution is 2.26. The SMILES string of the molecule is CCOc1c(F)cc(F)c(C#N)c1F. The van der Waals surface area contributed by atoms with Gasteiger partial charge in [0.15, 0.2) is 17.4 Å². The van der Waals surface area contributed by atoms with Gasteiger partial charge in [0.1, 0.15) is 17.4 Å². The number of nitriles is 1. The summed E-state index contributed by atoms with van der Waals surface area (Å²) in [4.78, 5) is 0. The lowest BCUT2D eigenvalue weighted by atomic mass is 10.2. The molecule has 0 saturated carbocycles. The van der Waals surface area contributed by atoms with Gasteiger partial charge in [0, 0.05) is 6.07 Å². The number of hydrogen-bond acceptors (Lipinski definition) is 2. The molecule has 1 aromatic rings. The summed E-state index contributed by atoms with van der Waals surface area (Å²) in [6.45, 7) is 1.55. The monoisotopic (exact) mass is 201 g/mol. The van der Waals surface area contributed by atoms with E-state index < -0.39 is 28.8 Å². The van der Waals surface area contributed by atoms with Gasteiger partial charge in [0.25, 0.3) is 0 Å². The van der Waals surface area contributed by atoms with Crippen LogP contribution in [0.4, 0.5) is 13.2 Å². The summed E-state index contributed by atoms with van der Waals surface area (Å²) in [5.74, 6) is -4.40. The van der Waals surface area contributed by atoms with Crippen LogP contribution >= 0.6 is 0 Å². The second-order valence-corrected chi connectivity index (χ2v) is 2.40. The largest absolute Gasteiger partial charge is 0.488 e. The van der Waals surface area contributed by atoms with Gasteiger partial charge in [-0.1, -0.05) is 0 Å². The van der Waals surface area contributed by atoms with Crippen molar-refractivity contribution in [3.8, 4) is 11.8 Å². The van der Waals surface area contributed by atoms with Crippen molar-refractivity contribution in [2.45, 2.75) is 6.92 Å². The molecule has 0 aromatic heterocycles. The van der Waals surface area contributed by atoms with Crippen molar-refractivity contribution in [2.24, 2.45) is 0 Å². The minimum atomic E-state index is -1.30. The average molecular weight is 201 g/mol. The number of rotatable bonds is 2. The lowest BCUT2D eigenvalue weighted by Gasteiger charge is -2.06. The maximum atomic E-state index is 13.2. The first kappa shape index (κ1) is 10.4. The van der Waals surface area contributed by atoms with Crippen LogP contribution in [0.15, 0.2) is 6.07 Å². The molecule has 0 spiro atoms. The van der Waals surface area contributed by atoms with Crippen LogP contribution in [0.5, 0.6) is 5.75 Å². The third-order valence-corrected chi connectivity index (χ3v) is 1.53. The standard InChI is InChI=1S/C9H6F3NO/c1-2-14-9-7(11)3-6(10)5(4-13)8(9)12/h3H,2H2,1H3. The minimum Gasteiger partial charge on any atom is -0.488 e. The first-order chi connectivity index (χ1) is 6.61. The van der Waals surface area contributed by atoms with Crippen molar-refractivity contribution < 1.29 is 17.9 Å². The molecule has 0 aliphatic carbocycles. The average Bonchev–Trinajstić information content (AvgIpc) is 2.12. The van der Waals surface area contributed by atoms with Crippen LogP contribution in [0.1, 0.15) is 12.5 Å². The van der Waals surface area contributed by atoms with Crippen molar-refractivity contribution in [2.75, 3.05) is 6.61 Å². The highest BCUT2D eigenvalue weighted by atomic mass is 19.1. The van der Waals surface area contributed by atoms with E-state index in [9.17, 15) is 13.2 Å². The lowest BCUT2D eigenvalue weighted by Crippen LogP contribution is -2.02. The molecule has 0 radical (unpaired) electrons. The smallest absolute Gasteiger partial charge is 0.192 e. The van der Waals surface area contributed by atoms with E-state index in [4.69, 9.17) is 5.26 Å². The van der Waals surface area contributed by atoms with Gasteiger partial charge in [-0.05, 0) is 6.92 Å². The number of ether oxygens (including phenoxy) is 1. The van der Waals surface area contributed by atoms with Crippen LogP contribution < -0.4 is 4.74 Å². The molecule has 74 valence electrons. The summed E-state index contributed by atoms with van der Waals surface area (Å²) < 4.78 is 43.4. The molecule has 0 atom stereocenters. The van der Waals surface area contributed by atoms with Crippen molar-refractivity contribution in [1.29, 1.82) is 5.26 Å². The second kappa shape index (κ2) is 4.01. The molecule has 1 rings (SSSR count). The first-order valence-corrected chi connectivity index (χ1v) is 3.82. The van der Waals surface area contributed by atoms with E-state index in [1.54, 1.807) is 0 Å². The molecule has 2 nitrogen and oxygen atoms in total. The number of benzene rings is 1.